The van der Waals surface area contributed by atoms with Gasteiger partial charge in [0.2, 0.25) is 0 Å². The van der Waals surface area contributed by atoms with Crippen LogP contribution in [-0.4, -0.2) is 39.2 Å². The lowest BCUT2D eigenvalue weighted by atomic mass is 9.81. The maximum absolute atomic E-state index is 12.5. The van der Waals surface area contributed by atoms with Gasteiger partial charge in [-0.3, -0.25) is 14.2 Å². The van der Waals surface area contributed by atoms with Crippen molar-refractivity contribution in [2.75, 3.05) is 19.0 Å². The van der Waals surface area contributed by atoms with E-state index in [-0.39, 0.29) is 5.91 Å². The van der Waals surface area contributed by atoms with E-state index in [1.54, 1.807) is 35.1 Å². The third kappa shape index (κ3) is 3.04. The number of carbonyl (C=O) groups is 1. The number of rotatable bonds is 6. The van der Waals surface area contributed by atoms with Crippen molar-refractivity contribution in [3.8, 4) is 0 Å². The van der Waals surface area contributed by atoms with Crippen LogP contribution in [0, 0.1) is 0 Å². The van der Waals surface area contributed by atoms with E-state index in [2.05, 4.69) is 15.5 Å². The second kappa shape index (κ2) is 6.31. The monoisotopic (exact) mass is 303 g/mol. The van der Waals surface area contributed by atoms with Gasteiger partial charge in [0.1, 0.15) is 0 Å². The number of aryl methyl sites for hydroxylation is 1. The van der Waals surface area contributed by atoms with Crippen LogP contribution in [0.4, 0.5) is 5.69 Å². The Labute approximate surface area is 129 Å². The minimum atomic E-state index is -0.124. The number of anilines is 1. The Balaban J connectivity index is 1.70. The summed E-state index contributed by atoms with van der Waals surface area (Å²) < 4.78 is 8.47. The number of hydrogen-bond donors (Lipinski definition) is 1. The van der Waals surface area contributed by atoms with Crippen LogP contribution in [0.15, 0.2) is 18.6 Å². The Morgan fingerprint density at radius 2 is 2.27 bits per heavy atom. The largest absolute Gasteiger partial charge is 0.383 e. The highest BCUT2D eigenvalue weighted by molar-refractivity contribution is 6.04. The van der Waals surface area contributed by atoms with Crippen LogP contribution < -0.4 is 5.32 Å². The quantitative estimate of drug-likeness (QED) is 0.883. The second-order valence-corrected chi connectivity index (χ2v) is 5.67. The minimum Gasteiger partial charge on any atom is -0.383 e. The van der Waals surface area contributed by atoms with E-state index < -0.39 is 0 Å². The third-order valence-corrected chi connectivity index (χ3v) is 4.01. The maximum atomic E-state index is 12.5. The topological polar surface area (TPSA) is 74.0 Å². The molecular formula is C15H21N5O2. The van der Waals surface area contributed by atoms with E-state index in [1.165, 1.54) is 6.42 Å². The second-order valence-electron chi connectivity index (χ2n) is 5.67. The summed E-state index contributed by atoms with van der Waals surface area (Å²) in [5.74, 6) is 0.299. The third-order valence-electron chi connectivity index (χ3n) is 4.01. The fraction of sp³-hybridized carbons (Fsp3) is 0.533. The molecule has 1 fully saturated rings. The number of carbonyl (C=O) groups excluding carboxylic acids is 1. The zero-order valence-electron chi connectivity index (χ0n) is 13.0. The molecule has 0 aromatic carbocycles. The predicted octanol–water partition coefficient (Wildman–Crippen LogP) is 1.78. The molecule has 1 aliphatic rings. The SMILES string of the molecule is COCCn1cc(NC(=O)c2cn(C)nc2C2CCC2)cn1. The zero-order valence-corrected chi connectivity index (χ0v) is 13.0. The number of aromatic nitrogens is 4. The first-order valence-electron chi connectivity index (χ1n) is 7.53. The van der Waals surface area contributed by atoms with Gasteiger partial charge in [-0.15, -0.1) is 0 Å². The number of methoxy groups -OCH3 is 1. The van der Waals surface area contributed by atoms with Crippen LogP contribution in [0.1, 0.15) is 41.2 Å². The molecule has 1 aliphatic carbocycles. The molecule has 0 spiro atoms. The molecular weight excluding hydrogens is 282 g/mol. The van der Waals surface area contributed by atoms with Gasteiger partial charge in [0.05, 0.1) is 36.3 Å². The first-order chi connectivity index (χ1) is 10.7. The van der Waals surface area contributed by atoms with E-state index >= 15 is 0 Å². The maximum Gasteiger partial charge on any atom is 0.259 e. The predicted molar refractivity (Wildman–Crippen MR) is 81.9 cm³/mol. The highest BCUT2D eigenvalue weighted by Crippen LogP contribution is 2.37. The summed E-state index contributed by atoms with van der Waals surface area (Å²) in [6.45, 7) is 1.25. The fourth-order valence-corrected chi connectivity index (χ4v) is 2.60. The van der Waals surface area contributed by atoms with Gasteiger partial charge in [0, 0.05) is 32.5 Å². The van der Waals surface area contributed by atoms with Gasteiger partial charge in [-0.05, 0) is 12.8 Å². The Bertz CT molecular complexity index is 657. The molecule has 7 nitrogen and oxygen atoms in total. The van der Waals surface area contributed by atoms with Crippen molar-refractivity contribution in [3.05, 3.63) is 29.8 Å². The fourth-order valence-electron chi connectivity index (χ4n) is 2.60. The van der Waals surface area contributed by atoms with Gasteiger partial charge in [-0.1, -0.05) is 6.42 Å². The Hall–Kier alpha value is -2.15. The smallest absolute Gasteiger partial charge is 0.259 e. The van der Waals surface area contributed by atoms with Gasteiger partial charge in [0.25, 0.3) is 5.91 Å². The van der Waals surface area contributed by atoms with Crippen LogP contribution in [0.5, 0.6) is 0 Å². The highest BCUT2D eigenvalue weighted by Gasteiger charge is 2.27. The molecule has 2 heterocycles. The van der Waals surface area contributed by atoms with Gasteiger partial charge >= 0.3 is 0 Å². The molecule has 118 valence electrons. The summed E-state index contributed by atoms with van der Waals surface area (Å²) in [7, 11) is 3.50. The Morgan fingerprint density at radius 3 is 2.95 bits per heavy atom. The van der Waals surface area contributed by atoms with Crippen molar-refractivity contribution >= 4 is 11.6 Å². The molecule has 1 amide bonds. The van der Waals surface area contributed by atoms with Crippen LogP contribution in [0.3, 0.4) is 0 Å². The van der Waals surface area contributed by atoms with Crippen molar-refractivity contribution in [2.45, 2.75) is 31.7 Å². The summed E-state index contributed by atoms with van der Waals surface area (Å²) in [5.41, 5.74) is 2.26. The van der Waals surface area contributed by atoms with E-state index in [1.807, 2.05) is 7.05 Å². The molecule has 7 heteroatoms. The molecule has 0 saturated heterocycles. The molecule has 0 radical (unpaired) electrons. The molecule has 0 aliphatic heterocycles. The summed E-state index contributed by atoms with van der Waals surface area (Å²) in [6.07, 6.45) is 8.69. The minimum absolute atomic E-state index is 0.124. The molecule has 22 heavy (non-hydrogen) atoms. The molecule has 1 saturated carbocycles. The lowest BCUT2D eigenvalue weighted by molar-refractivity contribution is 0.102. The zero-order chi connectivity index (χ0) is 15.5. The van der Waals surface area contributed by atoms with E-state index in [0.29, 0.717) is 30.3 Å². The van der Waals surface area contributed by atoms with E-state index in [0.717, 1.165) is 18.5 Å². The first kappa shape index (κ1) is 14.8. The molecule has 0 atom stereocenters. The average Bonchev–Trinajstić information content (AvgIpc) is 3.01. The van der Waals surface area contributed by atoms with E-state index in [4.69, 9.17) is 4.74 Å². The average molecular weight is 303 g/mol. The molecule has 2 aromatic heterocycles. The van der Waals surface area contributed by atoms with Gasteiger partial charge in [-0.2, -0.15) is 10.2 Å². The summed E-state index contributed by atoms with van der Waals surface area (Å²) in [5, 5.41) is 11.5. The normalized spacial score (nSPS) is 14.8. The molecule has 0 unspecified atom stereocenters. The number of hydrogen-bond acceptors (Lipinski definition) is 4. The molecule has 2 aromatic rings. The van der Waals surface area contributed by atoms with Crippen LogP contribution in [-0.2, 0) is 18.3 Å². The number of nitrogens with one attached hydrogen (secondary N) is 1. The number of nitrogens with zero attached hydrogens (tertiary/aromatic N) is 4. The molecule has 0 bridgehead atoms. The van der Waals surface area contributed by atoms with Crippen molar-refractivity contribution in [2.24, 2.45) is 7.05 Å². The molecule has 3 rings (SSSR count). The summed E-state index contributed by atoms with van der Waals surface area (Å²) in [4.78, 5) is 12.5. The van der Waals surface area contributed by atoms with Crippen molar-refractivity contribution in [3.63, 3.8) is 0 Å². The highest BCUT2D eigenvalue weighted by atomic mass is 16.5. The number of ether oxygens (including phenoxy) is 1. The Kier molecular flexibility index (Phi) is 4.24. The van der Waals surface area contributed by atoms with Crippen molar-refractivity contribution in [1.82, 2.24) is 19.6 Å². The van der Waals surface area contributed by atoms with E-state index in [9.17, 15) is 4.79 Å². The molecule has 1 N–H and O–H groups in total. The standard InChI is InChI=1S/C15H21N5O2/c1-19-10-13(14(18-19)11-4-3-5-11)15(21)17-12-8-16-20(9-12)6-7-22-2/h8-11H,3-7H2,1-2H3,(H,17,21). The van der Waals surface area contributed by atoms with Crippen LogP contribution in [0.2, 0.25) is 0 Å². The van der Waals surface area contributed by atoms with Crippen LogP contribution >= 0.6 is 0 Å². The first-order valence-corrected chi connectivity index (χ1v) is 7.53. The van der Waals surface area contributed by atoms with Gasteiger partial charge in [-0.25, -0.2) is 0 Å². The van der Waals surface area contributed by atoms with Gasteiger partial charge < -0.3 is 10.1 Å². The Morgan fingerprint density at radius 1 is 1.45 bits per heavy atom. The van der Waals surface area contributed by atoms with Crippen molar-refractivity contribution < 1.29 is 9.53 Å². The van der Waals surface area contributed by atoms with Gasteiger partial charge in [0.15, 0.2) is 0 Å². The van der Waals surface area contributed by atoms with Crippen LogP contribution in [0.25, 0.3) is 0 Å². The lowest BCUT2D eigenvalue weighted by Crippen LogP contribution is -2.17. The summed E-state index contributed by atoms with van der Waals surface area (Å²) in [6, 6.07) is 0. The van der Waals surface area contributed by atoms with Crippen molar-refractivity contribution in [1.29, 1.82) is 0 Å². The number of amides is 1. The summed E-state index contributed by atoms with van der Waals surface area (Å²) >= 11 is 0. The lowest BCUT2D eigenvalue weighted by Gasteiger charge is -2.24.